The zero-order valence-corrected chi connectivity index (χ0v) is 18.0. The fourth-order valence-corrected chi connectivity index (χ4v) is 2.89. The quantitative estimate of drug-likeness (QED) is 0.248. The lowest BCUT2D eigenvalue weighted by atomic mass is 10.1. The van der Waals surface area contributed by atoms with E-state index in [4.69, 9.17) is 21.1 Å². The van der Waals surface area contributed by atoms with E-state index in [0.717, 1.165) is 5.56 Å². The molecule has 0 bridgehead atoms. The first-order valence-corrected chi connectivity index (χ1v) is 10.2. The van der Waals surface area contributed by atoms with Gasteiger partial charge < -0.3 is 14.8 Å². The second-order valence-electron chi connectivity index (χ2n) is 6.70. The molecule has 0 unspecified atom stereocenters. The Morgan fingerprint density at radius 2 is 1.75 bits per heavy atom. The molecule has 0 heterocycles. The van der Waals surface area contributed by atoms with Gasteiger partial charge in [0.15, 0.2) is 0 Å². The van der Waals surface area contributed by atoms with Crippen molar-refractivity contribution in [2.75, 3.05) is 11.9 Å². The molecule has 3 rings (SSSR count). The first-order chi connectivity index (χ1) is 15.6. The summed E-state index contributed by atoms with van der Waals surface area (Å²) in [4.78, 5) is 12.6. The molecular formula is C26H21ClN2O3. The second-order valence-corrected chi connectivity index (χ2v) is 7.14. The predicted molar refractivity (Wildman–Crippen MR) is 127 cm³/mol. The number of benzene rings is 3. The van der Waals surface area contributed by atoms with Gasteiger partial charge >= 0.3 is 0 Å². The summed E-state index contributed by atoms with van der Waals surface area (Å²) in [5.74, 6) is 0.707. The molecule has 3 aromatic rings. The minimum absolute atomic E-state index is 0.0392. The number of nitrogens with one attached hydrogen (secondary N) is 1. The van der Waals surface area contributed by atoms with Crippen LogP contribution in [0.5, 0.6) is 11.5 Å². The Hall–Kier alpha value is -4.01. The number of carbonyl (C=O) groups excluding carboxylic acids is 1. The first-order valence-electron chi connectivity index (χ1n) is 9.82. The van der Waals surface area contributed by atoms with Gasteiger partial charge in [0.05, 0.1) is 0 Å². The summed E-state index contributed by atoms with van der Waals surface area (Å²) < 4.78 is 11.3. The summed E-state index contributed by atoms with van der Waals surface area (Å²) in [6.45, 7) is 4.35. The fraction of sp³-hybridized carbons (Fsp3) is 0.0769. The number of ether oxygens (including phenoxy) is 2. The Kier molecular flexibility index (Phi) is 8.08. The van der Waals surface area contributed by atoms with Gasteiger partial charge in [0, 0.05) is 16.3 Å². The van der Waals surface area contributed by atoms with E-state index in [1.807, 2.05) is 42.5 Å². The van der Waals surface area contributed by atoms with Crippen molar-refractivity contribution in [3.05, 3.63) is 107 Å². The van der Waals surface area contributed by atoms with Gasteiger partial charge in [-0.05, 0) is 54.1 Å². The number of hydrogen-bond acceptors (Lipinski definition) is 4. The lowest BCUT2D eigenvalue weighted by molar-refractivity contribution is -0.112. The van der Waals surface area contributed by atoms with E-state index in [-0.39, 0.29) is 5.57 Å². The Morgan fingerprint density at radius 3 is 2.44 bits per heavy atom. The number of halogens is 1. The monoisotopic (exact) mass is 444 g/mol. The van der Waals surface area contributed by atoms with Crippen molar-refractivity contribution in [3.63, 3.8) is 0 Å². The van der Waals surface area contributed by atoms with Crippen LogP contribution in [0.1, 0.15) is 11.1 Å². The van der Waals surface area contributed by atoms with Crippen LogP contribution in [-0.4, -0.2) is 12.5 Å². The highest BCUT2D eigenvalue weighted by Gasteiger charge is 2.11. The molecule has 0 atom stereocenters. The van der Waals surface area contributed by atoms with E-state index in [1.54, 1.807) is 42.5 Å². The Labute approximate surface area is 192 Å². The second kappa shape index (κ2) is 11.4. The van der Waals surface area contributed by atoms with Crippen LogP contribution in [0, 0.1) is 11.3 Å². The van der Waals surface area contributed by atoms with Crippen LogP contribution in [0.4, 0.5) is 5.69 Å². The van der Waals surface area contributed by atoms with Gasteiger partial charge in [0.2, 0.25) is 0 Å². The summed E-state index contributed by atoms with van der Waals surface area (Å²) in [6.07, 6.45) is 3.12. The summed E-state index contributed by atoms with van der Waals surface area (Å²) >= 11 is 5.88. The smallest absolute Gasteiger partial charge is 0.266 e. The first kappa shape index (κ1) is 22.7. The van der Waals surface area contributed by atoms with Gasteiger partial charge in [-0.3, -0.25) is 4.79 Å². The average molecular weight is 445 g/mol. The minimum atomic E-state index is -0.513. The Morgan fingerprint density at radius 1 is 1.03 bits per heavy atom. The number of amides is 1. The van der Waals surface area contributed by atoms with E-state index in [1.165, 1.54) is 6.08 Å². The zero-order chi connectivity index (χ0) is 22.8. The molecule has 0 spiro atoms. The number of para-hydroxylation sites is 1. The Balaban J connectivity index is 1.64. The maximum atomic E-state index is 12.6. The third kappa shape index (κ3) is 6.49. The zero-order valence-electron chi connectivity index (χ0n) is 17.3. The molecular weight excluding hydrogens is 424 g/mol. The largest absolute Gasteiger partial charge is 0.489 e. The lowest BCUT2D eigenvalue weighted by Gasteiger charge is -2.09. The molecule has 0 aromatic heterocycles. The summed E-state index contributed by atoms with van der Waals surface area (Å²) in [5, 5.41) is 12.9. The highest BCUT2D eigenvalue weighted by molar-refractivity contribution is 6.30. The van der Waals surface area contributed by atoms with Gasteiger partial charge in [0.1, 0.15) is 36.4 Å². The maximum Gasteiger partial charge on any atom is 0.266 e. The van der Waals surface area contributed by atoms with Crippen molar-refractivity contribution in [2.24, 2.45) is 0 Å². The van der Waals surface area contributed by atoms with Gasteiger partial charge in [-0.1, -0.05) is 54.6 Å². The highest BCUT2D eigenvalue weighted by Crippen LogP contribution is 2.22. The van der Waals surface area contributed by atoms with Gasteiger partial charge in [0.25, 0.3) is 5.91 Å². The summed E-state index contributed by atoms with van der Waals surface area (Å²) in [6, 6.07) is 23.5. The van der Waals surface area contributed by atoms with Gasteiger partial charge in [-0.2, -0.15) is 5.26 Å². The van der Waals surface area contributed by atoms with Crippen molar-refractivity contribution in [2.45, 2.75) is 6.61 Å². The third-order valence-corrected chi connectivity index (χ3v) is 4.62. The normalized spacial score (nSPS) is 10.7. The molecule has 160 valence electrons. The molecule has 0 saturated carbocycles. The van der Waals surface area contributed by atoms with E-state index in [9.17, 15) is 10.1 Å². The fourth-order valence-electron chi connectivity index (χ4n) is 2.76. The minimum Gasteiger partial charge on any atom is -0.489 e. The van der Waals surface area contributed by atoms with Gasteiger partial charge in [-0.15, -0.1) is 0 Å². The van der Waals surface area contributed by atoms with Crippen molar-refractivity contribution >= 4 is 29.3 Å². The molecule has 0 radical (unpaired) electrons. The van der Waals surface area contributed by atoms with Crippen LogP contribution >= 0.6 is 11.6 Å². The SMILES string of the molecule is C=CCOc1ccccc1/C=C(\C#N)C(=O)Nc1ccc(OCc2ccc(Cl)cc2)cc1. The van der Waals surface area contributed by atoms with Gasteiger partial charge in [-0.25, -0.2) is 0 Å². The van der Waals surface area contributed by atoms with Crippen molar-refractivity contribution in [3.8, 4) is 17.6 Å². The molecule has 32 heavy (non-hydrogen) atoms. The molecule has 0 saturated heterocycles. The van der Waals surface area contributed by atoms with E-state index >= 15 is 0 Å². The van der Waals surface area contributed by atoms with Crippen molar-refractivity contribution in [1.29, 1.82) is 5.26 Å². The number of nitriles is 1. The lowest BCUT2D eigenvalue weighted by Crippen LogP contribution is -2.13. The number of rotatable bonds is 9. The molecule has 0 aliphatic rings. The molecule has 5 nitrogen and oxygen atoms in total. The van der Waals surface area contributed by atoms with Crippen LogP contribution in [0.15, 0.2) is 91.0 Å². The molecule has 0 fully saturated rings. The molecule has 3 aromatic carbocycles. The summed E-state index contributed by atoms with van der Waals surface area (Å²) in [7, 11) is 0. The molecule has 1 amide bonds. The number of hydrogen-bond donors (Lipinski definition) is 1. The molecule has 0 aliphatic heterocycles. The van der Waals surface area contributed by atoms with Crippen LogP contribution in [-0.2, 0) is 11.4 Å². The Bertz CT molecular complexity index is 1150. The van der Waals surface area contributed by atoms with Crippen molar-refractivity contribution in [1.82, 2.24) is 0 Å². The van der Waals surface area contributed by atoms with Crippen molar-refractivity contribution < 1.29 is 14.3 Å². The molecule has 1 N–H and O–H groups in total. The van der Waals surface area contributed by atoms with E-state index < -0.39 is 5.91 Å². The number of nitrogens with zero attached hydrogens (tertiary/aromatic N) is 1. The standard InChI is InChI=1S/C26H21ClN2O3/c1-2-15-31-25-6-4-3-5-20(25)16-21(17-28)26(30)29-23-11-13-24(14-12-23)32-18-19-7-9-22(27)10-8-19/h2-14,16H,1,15,18H2,(H,29,30)/b21-16+. The molecule has 6 heteroatoms. The average Bonchev–Trinajstić information content (AvgIpc) is 2.82. The van der Waals surface area contributed by atoms with E-state index in [0.29, 0.717) is 41.0 Å². The molecule has 0 aliphatic carbocycles. The van der Waals surface area contributed by atoms with E-state index in [2.05, 4.69) is 11.9 Å². The maximum absolute atomic E-state index is 12.6. The van der Waals surface area contributed by atoms with Crippen LogP contribution in [0.2, 0.25) is 5.02 Å². The predicted octanol–water partition coefficient (Wildman–Crippen LogP) is 6.03. The van der Waals surface area contributed by atoms with Crippen LogP contribution < -0.4 is 14.8 Å². The van der Waals surface area contributed by atoms with Crippen LogP contribution in [0.25, 0.3) is 6.08 Å². The third-order valence-electron chi connectivity index (χ3n) is 4.37. The number of anilines is 1. The van der Waals surface area contributed by atoms with Crippen LogP contribution in [0.3, 0.4) is 0 Å². The topological polar surface area (TPSA) is 71.3 Å². The highest BCUT2D eigenvalue weighted by atomic mass is 35.5. The number of carbonyl (C=O) groups is 1. The summed E-state index contributed by atoms with van der Waals surface area (Å²) in [5.41, 5.74) is 2.13.